The van der Waals surface area contributed by atoms with Crippen molar-refractivity contribution in [3.8, 4) is 0 Å². The van der Waals surface area contributed by atoms with Crippen molar-refractivity contribution in [1.29, 1.82) is 0 Å². The largest absolute Gasteiger partial charge is 0.366 e. The zero-order valence-electron chi connectivity index (χ0n) is 16.9. The standard InChI is InChI=1S/C22H23FN6O/c1-3-18-21(25-12-14-7-5-4-6-8-14)26-22(28-27-18)29-13(2)9-16-17(20(24)30)10-15(23)11-19(16)29/h4-8,10-11,13H,3,9,12H2,1-2H3,(H2,24,30)(H,25,26,28). The molecule has 30 heavy (non-hydrogen) atoms. The van der Waals surface area contributed by atoms with Crippen LogP contribution in [0.1, 0.15) is 41.0 Å². The van der Waals surface area contributed by atoms with Gasteiger partial charge in [-0.2, -0.15) is 4.98 Å². The highest BCUT2D eigenvalue weighted by Crippen LogP contribution is 2.39. The van der Waals surface area contributed by atoms with Crippen molar-refractivity contribution in [1.82, 2.24) is 15.2 Å². The molecule has 3 N–H and O–H groups in total. The molecule has 1 unspecified atom stereocenters. The molecule has 4 rings (SSSR count). The van der Waals surface area contributed by atoms with Crippen LogP contribution in [0.3, 0.4) is 0 Å². The number of nitrogens with two attached hydrogens (primary N) is 1. The third-order valence-electron chi connectivity index (χ3n) is 5.25. The van der Waals surface area contributed by atoms with Gasteiger partial charge < -0.3 is 16.0 Å². The molecule has 2 heterocycles. The summed E-state index contributed by atoms with van der Waals surface area (Å²) in [4.78, 5) is 18.3. The molecule has 1 amide bonds. The van der Waals surface area contributed by atoms with Crippen LogP contribution >= 0.6 is 0 Å². The molecule has 0 fully saturated rings. The lowest BCUT2D eigenvalue weighted by Crippen LogP contribution is -2.27. The summed E-state index contributed by atoms with van der Waals surface area (Å²) in [6.45, 7) is 4.55. The van der Waals surface area contributed by atoms with Crippen molar-refractivity contribution in [3.63, 3.8) is 0 Å². The van der Waals surface area contributed by atoms with Gasteiger partial charge in [0.15, 0.2) is 5.82 Å². The number of amides is 1. The first-order valence-electron chi connectivity index (χ1n) is 9.90. The summed E-state index contributed by atoms with van der Waals surface area (Å²) in [5, 5.41) is 12.0. The molecule has 0 bridgehead atoms. The van der Waals surface area contributed by atoms with E-state index < -0.39 is 11.7 Å². The number of anilines is 3. The van der Waals surface area contributed by atoms with Crippen molar-refractivity contribution < 1.29 is 9.18 Å². The summed E-state index contributed by atoms with van der Waals surface area (Å²) in [5.41, 5.74) is 8.78. The minimum absolute atomic E-state index is 0.0730. The minimum Gasteiger partial charge on any atom is -0.366 e. The lowest BCUT2D eigenvalue weighted by molar-refractivity contribution is 0.0999. The fraction of sp³-hybridized carbons (Fsp3) is 0.273. The van der Waals surface area contributed by atoms with E-state index in [1.807, 2.05) is 49.1 Å². The maximum atomic E-state index is 14.2. The van der Waals surface area contributed by atoms with Crippen LogP contribution in [0.4, 0.5) is 21.8 Å². The Morgan fingerprint density at radius 2 is 2.03 bits per heavy atom. The second-order valence-electron chi connectivity index (χ2n) is 7.34. The van der Waals surface area contributed by atoms with E-state index in [0.29, 0.717) is 42.4 Å². The topological polar surface area (TPSA) is 97.0 Å². The molecule has 8 heteroatoms. The zero-order valence-corrected chi connectivity index (χ0v) is 16.9. The van der Waals surface area contributed by atoms with Gasteiger partial charge in [0.25, 0.3) is 5.95 Å². The molecule has 1 aliphatic rings. The highest BCUT2D eigenvalue weighted by molar-refractivity contribution is 5.97. The molecule has 1 atom stereocenters. The summed E-state index contributed by atoms with van der Waals surface area (Å²) < 4.78 is 14.2. The molecular formula is C22H23FN6O. The predicted molar refractivity (Wildman–Crippen MR) is 113 cm³/mol. The molecule has 3 aromatic rings. The first-order valence-corrected chi connectivity index (χ1v) is 9.90. The molecule has 154 valence electrons. The van der Waals surface area contributed by atoms with Crippen molar-refractivity contribution >= 4 is 23.4 Å². The molecule has 2 aromatic carbocycles. The third-order valence-corrected chi connectivity index (χ3v) is 5.25. The van der Waals surface area contributed by atoms with E-state index in [4.69, 9.17) is 10.7 Å². The van der Waals surface area contributed by atoms with Crippen LogP contribution in [-0.2, 0) is 19.4 Å². The number of aromatic nitrogens is 3. The highest BCUT2D eigenvalue weighted by atomic mass is 19.1. The van der Waals surface area contributed by atoms with Crippen LogP contribution in [0.15, 0.2) is 42.5 Å². The van der Waals surface area contributed by atoms with Gasteiger partial charge in [-0.05, 0) is 43.0 Å². The van der Waals surface area contributed by atoms with Gasteiger partial charge >= 0.3 is 0 Å². The number of aryl methyl sites for hydroxylation is 1. The van der Waals surface area contributed by atoms with Crippen LogP contribution < -0.4 is 16.0 Å². The van der Waals surface area contributed by atoms with Crippen LogP contribution in [0.5, 0.6) is 0 Å². The molecule has 0 aliphatic carbocycles. The SMILES string of the molecule is CCc1nnc(N2c3cc(F)cc(C(N)=O)c3CC2C)nc1NCc1ccccc1. The van der Waals surface area contributed by atoms with Gasteiger partial charge in [-0.15, -0.1) is 10.2 Å². The Morgan fingerprint density at radius 1 is 1.27 bits per heavy atom. The van der Waals surface area contributed by atoms with Crippen LogP contribution in [-0.4, -0.2) is 27.1 Å². The van der Waals surface area contributed by atoms with Gasteiger partial charge in [-0.3, -0.25) is 4.79 Å². The molecular weight excluding hydrogens is 383 g/mol. The van der Waals surface area contributed by atoms with Gasteiger partial charge in [-0.25, -0.2) is 4.39 Å². The number of nitrogens with one attached hydrogen (secondary N) is 1. The van der Waals surface area contributed by atoms with E-state index in [0.717, 1.165) is 11.3 Å². The first kappa shape index (κ1) is 19.8. The highest BCUT2D eigenvalue weighted by Gasteiger charge is 2.33. The monoisotopic (exact) mass is 406 g/mol. The van der Waals surface area contributed by atoms with E-state index >= 15 is 0 Å². The fourth-order valence-electron chi connectivity index (χ4n) is 3.80. The van der Waals surface area contributed by atoms with Gasteiger partial charge in [0.1, 0.15) is 11.5 Å². The van der Waals surface area contributed by atoms with E-state index in [9.17, 15) is 9.18 Å². The van der Waals surface area contributed by atoms with Crippen LogP contribution in [0, 0.1) is 5.82 Å². The van der Waals surface area contributed by atoms with Crippen LogP contribution in [0.2, 0.25) is 0 Å². The number of nitrogens with zero attached hydrogens (tertiary/aromatic N) is 4. The average Bonchev–Trinajstić information content (AvgIpc) is 3.07. The fourth-order valence-corrected chi connectivity index (χ4v) is 3.80. The number of rotatable bonds is 6. The molecule has 0 saturated carbocycles. The smallest absolute Gasteiger partial charge is 0.252 e. The van der Waals surface area contributed by atoms with Crippen LogP contribution in [0.25, 0.3) is 0 Å². The number of hydrogen-bond donors (Lipinski definition) is 2. The number of halogens is 1. The lowest BCUT2D eigenvalue weighted by Gasteiger charge is -2.23. The van der Waals surface area contributed by atoms with Crippen molar-refractivity contribution in [2.45, 2.75) is 39.3 Å². The average molecular weight is 406 g/mol. The Morgan fingerprint density at radius 3 is 2.73 bits per heavy atom. The van der Waals surface area contributed by atoms with Crippen molar-refractivity contribution in [2.75, 3.05) is 10.2 Å². The predicted octanol–water partition coefficient (Wildman–Crippen LogP) is 3.37. The number of carbonyl (C=O) groups is 1. The Balaban J connectivity index is 1.71. The second kappa shape index (κ2) is 8.06. The Hall–Kier alpha value is -3.55. The summed E-state index contributed by atoms with van der Waals surface area (Å²) in [7, 11) is 0. The minimum atomic E-state index is -0.648. The summed E-state index contributed by atoms with van der Waals surface area (Å²) in [6.07, 6.45) is 1.21. The summed E-state index contributed by atoms with van der Waals surface area (Å²) in [5.74, 6) is -0.179. The lowest BCUT2D eigenvalue weighted by atomic mass is 10.0. The van der Waals surface area contributed by atoms with E-state index in [2.05, 4.69) is 15.5 Å². The van der Waals surface area contributed by atoms with Crippen molar-refractivity contribution in [2.24, 2.45) is 5.73 Å². The number of primary amides is 1. The molecule has 7 nitrogen and oxygen atoms in total. The summed E-state index contributed by atoms with van der Waals surface area (Å²) >= 11 is 0. The first-order chi connectivity index (χ1) is 14.5. The van der Waals surface area contributed by atoms with Gasteiger partial charge in [0.2, 0.25) is 5.91 Å². The van der Waals surface area contributed by atoms with E-state index in [1.165, 1.54) is 12.1 Å². The van der Waals surface area contributed by atoms with Gasteiger partial charge in [-0.1, -0.05) is 37.3 Å². The molecule has 0 radical (unpaired) electrons. The number of fused-ring (bicyclic) bond motifs is 1. The van der Waals surface area contributed by atoms with E-state index in [1.54, 1.807) is 0 Å². The normalized spacial score (nSPS) is 15.2. The molecule has 0 saturated heterocycles. The number of benzene rings is 2. The van der Waals surface area contributed by atoms with Crippen molar-refractivity contribution in [3.05, 3.63) is 70.7 Å². The Kier molecular flexibility index (Phi) is 5.31. The Bertz CT molecular complexity index is 1090. The maximum absolute atomic E-state index is 14.2. The van der Waals surface area contributed by atoms with Gasteiger partial charge in [0, 0.05) is 18.2 Å². The Labute approximate surface area is 174 Å². The maximum Gasteiger partial charge on any atom is 0.252 e. The molecule has 1 aliphatic heterocycles. The number of hydrogen-bond acceptors (Lipinski definition) is 6. The number of carbonyl (C=O) groups excluding carboxylic acids is 1. The van der Waals surface area contributed by atoms with Gasteiger partial charge in [0.05, 0.1) is 5.69 Å². The quantitative estimate of drug-likeness (QED) is 0.651. The zero-order chi connectivity index (χ0) is 21.3. The van der Waals surface area contributed by atoms with E-state index in [-0.39, 0.29) is 11.6 Å². The second-order valence-corrected chi connectivity index (χ2v) is 7.34. The third kappa shape index (κ3) is 3.68. The summed E-state index contributed by atoms with van der Waals surface area (Å²) in [6, 6.07) is 12.5. The molecule has 0 spiro atoms. The molecule has 1 aromatic heterocycles.